The molecule has 0 saturated heterocycles. The van der Waals surface area contributed by atoms with Gasteiger partial charge in [0, 0.05) is 13.0 Å². The Balaban J connectivity index is 3.36. The van der Waals surface area contributed by atoms with Crippen molar-refractivity contribution in [3.8, 4) is 0 Å². The standard InChI is InChI=1S/C9H19NO/c1-5-8(2)11-9(3)6-7-10-4/h8,10H,3,5-7H2,1-2,4H3. The SMILES string of the molecule is C=C(CCNC)OC(C)CC. The molecule has 0 saturated carbocycles. The van der Waals surface area contributed by atoms with E-state index in [9.17, 15) is 0 Å². The van der Waals surface area contributed by atoms with Crippen molar-refractivity contribution in [1.29, 1.82) is 0 Å². The monoisotopic (exact) mass is 157 g/mol. The number of ether oxygens (including phenoxy) is 1. The fourth-order valence-electron chi connectivity index (χ4n) is 0.691. The first-order chi connectivity index (χ1) is 5.20. The van der Waals surface area contributed by atoms with Crippen LogP contribution < -0.4 is 5.32 Å². The van der Waals surface area contributed by atoms with Gasteiger partial charge in [-0.25, -0.2) is 0 Å². The largest absolute Gasteiger partial charge is 0.496 e. The summed E-state index contributed by atoms with van der Waals surface area (Å²) >= 11 is 0. The molecule has 0 aromatic heterocycles. The first-order valence-corrected chi connectivity index (χ1v) is 4.19. The zero-order valence-electron chi connectivity index (χ0n) is 7.81. The van der Waals surface area contributed by atoms with Crippen LogP contribution in [0.25, 0.3) is 0 Å². The molecule has 0 aromatic rings. The van der Waals surface area contributed by atoms with Crippen LogP contribution in [0.5, 0.6) is 0 Å². The highest BCUT2D eigenvalue weighted by Crippen LogP contribution is 2.05. The fraction of sp³-hybridized carbons (Fsp3) is 0.778. The van der Waals surface area contributed by atoms with Crippen LogP contribution in [0, 0.1) is 0 Å². The van der Waals surface area contributed by atoms with Crippen LogP contribution >= 0.6 is 0 Å². The molecule has 0 spiro atoms. The van der Waals surface area contributed by atoms with Gasteiger partial charge in [-0.3, -0.25) is 0 Å². The summed E-state index contributed by atoms with van der Waals surface area (Å²) in [4.78, 5) is 0. The Hall–Kier alpha value is -0.500. The summed E-state index contributed by atoms with van der Waals surface area (Å²) in [5.41, 5.74) is 0. The highest BCUT2D eigenvalue weighted by molar-refractivity contribution is 4.83. The Labute approximate surface area is 69.6 Å². The van der Waals surface area contributed by atoms with Crippen LogP contribution in [0.4, 0.5) is 0 Å². The molecule has 0 fully saturated rings. The Morgan fingerprint density at radius 2 is 2.27 bits per heavy atom. The average molecular weight is 157 g/mol. The molecule has 1 atom stereocenters. The minimum Gasteiger partial charge on any atom is -0.496 e. The third-order valence-electron chi connectivity index (χ3n) is 1.60. The summed E-state index contributed by atoms with van der Waals surface area (Å²) in [6.07, 6.45) is 2.25. The topological polar surface area (TPSA) is 21.3 Å². The normalized spacial score (nSPS) is 12.6. The fourth-order valence-corrected chi connectivity index (χ4v) is 0.691. The van der Waals surface area contributed by atoms with E-state index in [0.29, 0.717) is 6.10 Å². The summed E-state index contributed by atoms with van der Waals surface area (Å²) in [6.45, 7) is 8.92. The van der Waals surface area contributed by atoms with Crippen LogP contribution in [-0.2, 0) is 4.74 Å². The van der Waals surface area contributed by atoms with Crippen molar-refractivity contribution >= 4 is 0 Å². The second-order valence-electron chi connectivity index (χ2n) is 2.73. The molecule has 1 N–H and O–H groups in total. The van der Waals surface area contributed by atoms with Crippen LogP contribution in [0.3, 0.4) is 0 Å². The molecule has 0 amide bonds. The molecule has 2 nitrogen and oxygen atoms in total. The first-order valence-electron chi connectivity index (χ1n) is 4.19. The van der Waals surface area contributed by atoms with E-state index in [1.54, 1.807) is 0 Å². The number of rotatable bonds is 6. The quantitative estimate of drug-likeness (QED) is 0.595. The average Bonchev–Trinajstić information content (AvgIpc) is 2.00. The molecule has 0 radical (unpaired) electrons. The van der Waals surface area contributed by atoms with Crippen molar-refractivity contribution in [2.75, 3.05) is 13.6 Å². The van der Waals surface area contributed by atoms with E-state index < -0.39 is 0 Å². The molecule has 0 heterocycles. The molecule has 1 unspecified atom stereocenters. The van der Waals surface area contributed by atoms with E-state index in [-0.39, 0.29) is 0 Å². The molecule has 0 rings (SSSR count). The summed E-state index contributed by atoms with van der Waals surface area (Å²) < 4.78 is 5.47. The number of nitrogens with one attached hydrogen (secondary N) is 1. The number of hydrogen-bond acceptors (Lipinski definition) is 2. The maximum atomic E-state index is 5.47. The van der Waals surface area contributed by atoms with E-state index in [1.165, 1.54) is 0 Å². The lowest BCUT2D eigenvalue weighted by atomic mass is 10.3. The molecule has 0 aliphatic rings. The maximum absolute atomic E-state index is 5.47. The van der Waals surface area contributed by atoms with Gasteiger partial charge in [0.1, 0.15) is 0 Å². The van der Waals surface area contributed by atoms with E-state index in [0.717, 1.165) is 25.1 Å². The van der Waals surface area contributed by atoms with Crippen LogP contribution in [0.2, 0.25) is 0 Å². The molecule has 66 valence electrons. The van der Waals surface area contributed by atoms with E-state index >= 15 is 0 Å². The van der Waals surface area contributed by atoms with Gasteiger partial charge in [-0.15, -0.1) is 0 Å². The van der Waals surface area contributed by atoms with Crippen molar-refractivity contribution < 1.29 is 4.74 Å². The predicted octanol–water partition coefficient (Wildman–Crippen LogP) is 1.92. The second-order valence-corrected chi connectivity index (χ2v) is 2.73. The van der Waals surface area contributed by atoms with Gasteiger partial charge in [-0.2, -0.15) is 0 Å². The van der Waals surface area contributed by atoms with Gasteiger partial charge in [0.2, 0.25) is 0 Å². The lowest BCUT2D eigenvalue weighted by Crippen LogP contribution is -2.12. The van der Waals surface area contributed by atoms with Crippen molar-refractivity contribution in [1.82, 2.24) is 5.32 Å². The van der Waals surface area contributed by atoms with Gasteiger partial charge in [-0.1, -0.05) is 13.5 Å². The second kappa shape index (κ2) is 6.23. The molecule has 0 aliphatic heterocycles. The summed E-state index contributed by atoms with van der Waals surface area (Å²) in [6, 6.07) is 0. The molecular formula is C9H19NO. The van der Waals surface area contributed by atoms with Gasteiger partial charge in [-0.05, 0) is 20.4 Å². The van der Waals surface area contributed by atoms with E-state index in [1.807, 2.05) is 7.05 Å². The van der Waals surface area contributed by atoms with Crippen molar-refractivity contribution in [2.45, 2.75) is 32.8 Å². The number of hydrogen-bond donors (Lipinski definition) is 1. The van der Waals surface area contributed by atoms with E-state index in [2.05, 4.69) is 25.7 Å². The maximum Gasteiger partial charge on any atom is 0.0951 e. The van der Waals surface area contributed by atoms with Gasteiger partial charge in [0.15, 0.2) is 0 Å². The predicted molar refractivity (Wildman–Crippen MR) is 48.5 cm³/mol. The minimum atomic E-state index is 0.305. The van der Waals surface area contributed by atoms with Gasteiger partial charge in [0.25, 0.3) is 0 Å². The summed E-state index contributed by atoms with van der Waals surface area (Å²) in [7, 11) is 1.93. The Bertz CT molecular complexity index is 112. The molecule has 11 heavy (non-hydrogen) atoms. The lowest BCUT2D eigenvalue weighted by molar-refractivity contribution is 0.122. The zero-order valence-corrected chi connectivity index (χ0v) is 7.81. The molecule has 0 aromatic carbocycles. The molecule has 0 bridgehead atoms. The highest BCUT2D eigenvalue weighted by Gasteiger charge is 2.00. The Morgan fingerprint density at radius 1 is 1.64 bits per heavy atom. The van der Waals surface area contributed by atoms with Crippen LogP contribution in [0.1, 0.15) is 26.7 Å². The molecular weight excluding hydrogens is 138 g/mol. The lowest BCUT2D eigenvalue weighted by Gasteiger charge is -2.14. The van der Waals surface area contributed by atoms with Crippen molar-refractivity contribution in [2.24, 2.45) is 0 Å². The Morgan fingerprint density at radius 3 is 2.73 bits per heavy atom. The minimum absolute atomic E-state index is 0.305. The molecule has 2 heteroatoms. The smallest absolute Gasteiger partial charge is 0.0951 e. The zero-order chi connectivity index (χ0) is 8.69. The summed E-state index contributed by atoms with van der Waals surface area (Å²) in [5.74, 6) is 0.883. The molecule has 0 aliphatic carbocycles. The summed E-state index contributed by atoms with van der Waals surface area (Å²) in [5, 5.41) is 3.05. The van der Waals surface area contributed by atoms with Crippen molar-refractivity contribution in [3.05, 3.63) is 12.3 Å². The van der Waals surface area contributed by atoms with Crippen molar-refractivity contribution in [3.63, 3.8) is 0 Å². The Kier molecular flexibility index (Phi) is 5.94. The van der Waals surface area contributed by atoms with Crippen LogP contribution in [-0.4, -0.2) is 19.7 Å². The van der Waals surface area contributed by atoms with Gasteiger partial charge >= 0.3 is 0 Å². The first kappa shape index (κ1) is 10.5. The third-order valence-corrected chi connectivity index (χ3v) is 1.60. The van der Waals surface area contributed by atoms with E-state index in [4.69, 9.17) is 4.74 Å². The van der Waals surface area contributed by atoms with Crippen LogP contribution in [0.15, 0.2) is 12.3 Å². The van der Waals surface area contributed by atoms with Gasteiger partial charge < -0.3 is 10.1 Å². The third kappa shape index (κ3) is 5.92. The highest BCUT2D eigenvalue weighted by atomic mass is 16.5. The van der Waals surface area contributed by atoms with Gasteiger partial charge in [0.05, 0.1) is 11.9 Å².